The Morgan fingerprint density at radius 3 is 2.70 bits per heavy atom. The Kier molecular flexibility index (Phi) is 5.08. The normalized spacial score (nSPS) is 12.3. The van der Waals surface area contributed by atoms with Gasteiger partial charge in [0.2, 0.25) is 0 Å². The number of aliphatic hydroxyl groups excluding tert-OH is 1. The number of aliphatic hydroxyl groups is 1. The molecule has 5 nitrogen and oxygen atoms in total. The molecule has 0 amide bonds. The predicted octanol–water partition coefficient (Wildman–Crippen LogP) is 3.13. The monoisotopic (exact) mass is 312 g/mol. The summed E-state index contributed by atoms with van der Waals surface area (Å²) < 4.78 is 0. The SMILES string of the molecule is O=[N+]([O-])c1cc(CNCC(O)c2ccc(Cl)cc2)cs1. The smallest absolute Gasteiger partial charge is 0.324 e. The summed E-state index contributed by atoms with van der Waals surface area (Å²) in [5, 5.41) is 26.1. The van der Waals surface area contributed by atoms with Crippen molar-refractivity contribution in [3.05, 3.63) is 62.0 Å². The lowest BCUT2D eigenvalue weighted by atomic mass is 10.1. The molecule has 0 aliphatic rings. The Hall–Kier alpha value is -1.47. The molecule has 2 aromatic rings. The molecule has 106 valence electrons. The van der Waals surface area contributed by atoms with Gasteiger partial charge in [0.15, 0.2) is 0 Å². The van der Waals surface area contributed by atoms with Gasteiger partial charge in [-0.15, -0.1) is 0 Å². The van der Waals surface area contributed by atoms with Crippen LogP contribution in [-0.4, -0.2) is 16.6 Å². The molecule has 0 aliphatic carbocycles. The van der Waals surface area contributed by atoms with Gasteiger partial charge in [-0.05, 0) is 23.3 Å². The maximum absolute atomic E-state index is 10.6. The highest BCUT2D eigenvalue weighted by atomic mass is 35.5. The number of thiophene rings is 1. The van der Waals surface area contributed by atoms with Crippen LogP contribution in [0.3, 0.4) is 0 Å². The van der Waals surface area contributed by atoms with Gasteiger partial charge in [0, 0.05) is 29.6 Å². The zero-order valence-corrected chi connectivity index (χ0v) is 12.0. The van der Waals surface area contributed by atoms with E-state index in [0.29, 0.717) is 18.1 Å². The molecule has 1 heterocycles. The molecular weight excluding hydrogens is 300 g/mol. The van der Waals surface area contributed by atoms with Crippen LogP contribution in [0.15, 0.2) is 35.7 Å². The van der Waals surface area contributed by atoms with Crippen LogP contribution in [0.1, 0.15) is 17.2 Å². The Morgan fingerprint density at radius 2 is 2.10 bits per heavy atom. The Bertz CT molecular complexity index is 586. The molecule has 0 bridgehead atoms. The van der Waals surface area contributed by atoms with Crippen molar-refractivity contribution >= 4 is 27.9 Å². The van der Waals surface area contributed by atoms with Crippen molar-refractivity contribution in [2.45, 2.75) is 12.6 Å². The molecule has 1 aromatic heterocycles. The predicted molar refractivity (Wildman–Crippen MR) is 79.1 cm³/mol. The van der Waals surface area contributed by atoms with Crippen molar-refractivity contribution in [1.82, 2.24) is 5.32 Å². The van der Waals surface area contributed by atoms with Crippen molar-refractivity contribution in [2.24, 2.45) is 0 Å². The van der Waals surface area contributed by atoms with Crippen LogP contribution in [0.4, 0.5) is 5.00 Å². The number of nitrogens with zero attached hydrogens (tertiary/aromatic N) is 1. The first kappa shape index (κ1) is 14.9. The molecule has 0 aliphatic heterocycles. The fourth-order valence-corrected chi connectivity index (χ4v) is 2.56. The molecule has 0 saturated heterocycles. The zero-order chi connectivity index (χ0) is 14.5. The lowest BCUT2D eigenvalue weighted by molar-refractivity contribution is -0.380. The van der Waals surface area contributed by atoms with E-state index in [-0.39, 0.29) is 5.00 Å². The maximum atomic E-state index is 10.6. The Balaban J connectivity index is 1.82. The third-order valence-electron chi connectivity index (χ3n) is 2.74. The molecule has 2 N–H and O–H groups in total. The number of halogens is 1. The number of hydrogen-bond acceptors (Lipinski definition) is 5. The molecule has 0 spiro atoms. The first-order chi connectivity index (χ1) is 9.56. The summed E-state index contributed by atoms with van der Waals surface area (Å²) in [6.45, 7) is 0.847. The topological polar surface area (TPSA) is 75.4 Å². The molecular formula is C13H13ClN2O3S. The number of benzene rings is 1. The van der Waals surface area contributed by atoms with Crippen molar-refractivity contribution in [3.8, 4) is 0 Å². The highest BCUT2D eigenvalue weighted by Gasteiger charge is 2.10. The average molecular weight is 313 g/mol. The molecule has 1 aromatic carbocycles. The Morgan fingerprint density at radius 1 is 1.40 bits per heavy atom. The van der Waals surface area contributed by atoms with Crippen LogP contribution in [0.25, 0.3) is 0 Å². The van der Waals surface area contributed by atoms with Crippen molar-refractivity contribution in [1.29, 1.82) is 0 Å². The molecule has 1 atom stereocenters. The molecule has 0 fully saturated rings. The molecule has 1 unspecified atom stereocenters. The van der Waals surface area contributed by atoms with Crippen molar-refractivity contribution in [2.75, 3.05) is 6.54 Å². The van der Waals surface area contributed by atoms with E-state index in [1.807, 2.05) is 0 Å². The van der Waals surface area contributed by atoms with Crippen LogP contribution >= 0.6 is 22.9 Å². The van der Waals surface area contributed by atoms with Crippen LogP contribution in [0.5, 0.6) is 0 Å². The summed E-state index contributed by atoms with van der Waals surface area (Å²) in [7, 11) is 0. The fraction of sp³-hybridized carbons (Fsp3) is 0.231. The second kappa shape index (κ2) is 6.81. The summed E-state index contributed by atoms with van der Waals surface area (Å²) in [6, 6.07) is 8.52. The summed E-state index contributed by atoms with van der Waals surface area (Å²) in [5.74, 6) is 0. The van der Waals surface area contributed by atoms with Crippen LogP contribution in [0.2, 0.25) is 5.02 Å². The van der Waals surface area contributed by atoms with E-state index >= 15 is 0 Å². The van der Waals surface area contributed by atoms with Gasteiger partial charge in [0.1, 0.15) is 0 Å². The van der Waals surface area contributed by atoms with E-state index in [1.165, 1.54) is 6.07 Å². The first-order valence-corrected chi connectivity index (χ1v) is 7.18. The minimum Gasteiger partial charge on any atom is -0.387 e. The molecule has 20 heavy (non-hydrogen) atoms. The van der Waals surface area contributed by atoms with Gasteiger partial charge in [-0.25, -0.2) is 0 Å². The highest BCUT2D eigenvalue weighted by Crippen LogP contribution is 2.22. The standard InChI is InChI=1S/C13H13ClN2O3S/c14-11-3-1-10(2-4-11)12(17)7-15-6-9-5-13(16(18)19)20-8-9/h1-5,8,12,15,17H,6-7H2. The number of rotatable bonds is 6. The largest absolute Gasteiger partial charge is 0.387 e. The lowest BCUT2D eigenvalue weighted by Crippen LogP contribution is -2.20. The van der Waals surface area contributed by atoms with Gasteiger partial charge in [-0.3, -0.25) is 10.1 Å². The zero-order valence-electron chi connectivity index (χ0n) is 10.5. The minimum atomic E-state index is -0.638. The summed E-state index contributed by atoms with van der Waals surface area (Å²) in [5.41, 5.74) is 1.61. The van der Waals surface area contributed by atoms with E-state index in [2.05, 4.69) is 5.32 Å². The minimum absolute atomic E-state index is 0.125. The van der Waals surface area contributed by atoms with E-state index < -0.39 is 11.0 Å². The van der Waals surface area contributed by atoms with Gasteiger partial charge < -0.3 is 10.4 Å². The second-order valence-corrected chi connectivity index (χ2v) is 5.57. The van der Waals surface area contributed by atoms with Crippen LogP contribution in [-0.2, 0) is 6.54 Å². The summed E-state index contributed by atoms with van der Waals surface area (Å²) in [6.07, 6.45) is -0.638. The number of nitrogens with one attached hydrogen (secondary N) is 1. The molecule has 7 heteroatoms. The maximum Gasteiger partial charge on any atom is 0.324 e. The second-order valence-electron chi connectivity index (χ2n) is 4.25. The molecule has 2 rings (SSSR count). The van der Waals surface area contributed by atoms with E-state index in [9.17, 15) is 15.2 Å². The quantitative estimate of drug-likeness (QED) is 0.634. The third kappa shape index (κ3) is 4.01. The lowest BCUT2D eigenvalue weighted by Gasteiger charge is -2.11. The van der Waals surface area contributed by atoms with Crippen molar-refractivity contribution < 1.29 is 10.0 Å². The number of hydrogen-bond donors (Lipinski definition) is 2. The van der Waals surface area contributed by atoms with E-state index in [4.69, 9.17) is 11.6 Å². The van der Waals surface area contributed by atoms with E-state index in [1.54, 1.807) is 29.6 Å². The summed E-state index contributed by atoms with van der Waals surface area (Å²) >= 11 is 6.88. The average Bonchev–Trinajstić information content (AvgIpc) is 2.88. The Labute approximate surface area is 125 Å². The molecule has 0 saturated carbocycles. The van der Waals surface area contributed by atoms with Gasteiger partial charge in [-0.1, -0.05) is 35.1 Å². The van der Waals surface area contributed by atoms with Gasteiger partial charge in [-0.2, -0.15) is 0 Å². The summed E-state index contributed by atoms with van der Waals surface area (Å²) in [4.78, 5) is 10.1. The third-order valence-corrected chi connectivity index (χ3v) is 3.92. The van der Waals surface area contributed by atoms with Gasteiger partial charge >= 0.3 is 5.00 Å². The first-order valence-electron chi connectivity index (χ1n) is 5.92. The van der Waals surface area contributed by atoms with Crippen LogP contribution in [0, 0.1) is 10.1 Å². The van der Waals surface area contributed by atoms with E-state index in [0.717, 1.165) is 22.5 Å². The fourth-order valence-electron chi connectivity index (χ4n) is 1.71. The van der Waals surface area contributed by atoms with Crippen LogP contribution < -0.4 is 5.32 Å². The van der Waals surface area contributed by atoms with Gasteiger partial charge in [0.05, 0.1) is 11.0 Å². The van der Waals surface area contributed by atoms with Crippen molar-refractivity contribution in [3.63, 3.8) is 0 Å². The highest BCUT2D eigenvalue weighted by molar-refractivity contribution is 7.13. The van der Waals surface area contributed by atoms with Gasteiger partial charge in [0.25, 0.3) is 0 Å². The number of nitro groups is 1. The molecule has 0 radical (unpaired) electrons.